The maximum absolute atomic E-state index is 13.3. The zero-order chi connectivity index (χ0) is 45.9. The smallest absolute Gasteiger partial charge is 0.462 e. The van der Waals surface area contributed by atoms with Crippen LogP contribution in [0, 0.1) is 0 Å². The van der Waals surface area contributed by atoms with E-state index >= 15 is 0 Å². The minimum atomic E-state index is -5.36. The molecule has 2 aliphatic rings. The maximum Gasteiger partial charge on any atom is 0.472 e. The number of hydrogen-bond donors (Lipinski definition) is 9. The van der Waals surface area contributed by atoms with Gasteiger partial charge in [-0.3, -0.25) is 18.6 Å². The SMILES string of the molecule is CCCCCCCCCCCCCC(=O)OC[C@H](COP(=O)(O)O[C@@H]1[C@@H](O)[C@H](O)[C@@H](O)[C@H](O)[C@@H]1O[C@H]1O[C@H](CO)[C@@H](O)[C@H](O)[C@@H]1O)OC(=O)CCCCCCCCCCCCC. The number of phosphoric acid groups is 1. The molecule has 366 valence electrons. The van der Waals surface area contributed by atoms with Crippen molar-refractivity contribution in [1.29, 1.82) is 0 Å². The van der Waals surface area contributed by atoms with E-state index in [2.05, 4.69) is 13.8 Å². The Morgan fingerprint density at radius 1 is 0.548 bits per heavy atom. The molecule has 9 N–H and O–H groups in total. The molecule has 0 spiro atoms. The van der Waals surface area contributed by atoms with Gasteiger partial charge in [0.25, 0.3) is 0 Å². The Kier molecular flexibility index (Phi) is 29.6. The van der Waals surface area contributed by atoms with Crippen LogP contribution in [0.3, 0.4) is 0 Å². The number of phosphoric ester groups is 1. The lowest BCUT2D eigenvalue weighted by atomic mass is 9.84. The van der Waals surface area contributed by atoms with E-state index in [0.29, 0.717) is 12.8 Å². The van der Waals surface area contributed by atoms with Gasteiger partial charge in [0, 0.05) is 12.8 Å². The Bertz CT molecular complexity index is 1230. The molecule has 0 aromatic carbocycles. The van der Waals surface area contributed by atoms with Crippen molar-refractivity contribution in [3.8, 4) is 0 Å². The number of rotatable bonds is 35. The summed E-state index contributed by atoms with van der Waals surface area (Å²) in [5.41, 5.74) is 0. The second-order valence-corrected chi connectivity index (χ2v) is 18.4. The van der Waals surface area contributed by atoms with Crippen LogP contribution in [-0.2, 0) is 42.1 Å². The molecule has 19 heteroatoms. The van der Waals surface area contributed by atoms with Gasteiger partial charge in [-0.15, -0.1) is 0 Å². The lowest BCUT2D eigenvalue weighted by Gasteiger charge is -2.47. The van der Waals surface area contributed by atoms with Crippen LogP contribution in [-0.4, -0.2) is 151 Å². The Labute approximate surface area is 368 Å². The van der Waals surface area contributed by atoms with Crippen LogP contribution in [0.1, 0.15) is 168 Å². The van der Waals surface area contributed by atoms with Gasteiger partial charge in [-0.25, -0.2) is 4.57 Å². The third-order valence-electron chi connectivity index (χ3n) is 11.6. The molecule has 0 radical (unpaired) electrons. The molecule has 0 bridgehead atoms. The first-order chi connectivity index (χ1) is 29.7. The van der Waals surface area contributed by atoms with Crippen molar-refractivity contribution in [2.24, 2.45) is 0 Å². The van der Waals surface area contributed by atoms with Gasteiger partial charge < -0.3 is 64.7 Å². The molecule has 62 heavy (non-hydrogen) atoms. The van der Waals surface area contributed by atoms with E-state index in [1.165, 1.54) is 77.0 Å². The van der Waals surface area contributed by atoms with Crippen molar-refractivity contribution in [3.63, 3.8) is 0 Å². The second kappa shape index (κ2) is 32.3. The number of ether oxygens (including phenoxy) is 4. The zero-order valence-corrected chi connectivity index (χ0v) is 38.1. The molecule has 0 aromatic rings. The minimum absolute atomic E-state index is 0.0385. The van der Waals surface area contributed by atoms with Gasteiger partial charge in [0.05, 0.1) is 13.2 Å². The predicted molar refractivity (Wildman–Crippen MR) is 226 cm³/mol. The highest BCUT2D eigenvalue weighted by Crippen LogP contribution is 2.48. The van der Waals surface area contributed by atoms with E-state index in [4.69, 9.17) is 28.0 Å². The summed E-state index contributed by atoms with van der Waals surface area (Å²) < 4.78 is 45.3. The van der Waals surface area contributed by atoms with E-state index in [-0.39, 0.29) is 12.8 Å². The van der Waals surface area contributed by atoms with Crippen molar-refractivity contribution >= 4 is 19.8 Å². The van der Waals surface area contributed by atoms with Crippen molar-refractivity contribution in [3.05, 3.63) is 0 Å². The van der Waals surface area contributed by atoms with Crippen molar-refractivity contribution in [2.75, 3.05) is 19.8 Å². The fourth-order valence-corrected chi connectivity index (χ4v) is 8.61. The average molecular weight is 917 g/mol. The van der Waals surface area contributed by atoms with Crippen molar-refractivity contribution < 1.29 is 87.9 Å². The number of carbonyl (C=O) groups excluding carboxylic acids is 2. The molecule has 18 nitrogen and oxygen atoms in total. The molecule has 2 fully saturated rings. The lowest BCUT2D eigenvalue weighted by Crippen LogP contribution is -2.67. The van der Waals surface area contributed by atoms with Gasteiger partial charge in [0.2, 0.25) is 0 Å². The van der Waals surface area contributed by atoms with Crippen LogP contribution in [0.15, 0.2) is 0 Å². The first kappa shape index (κ1) is 56.8. The number of aliphatic hydroxyl groups excluding tert-OH is 8. The molecule has 1 aliphatic carbocycles. The monoisotopic (exact) mass is 917 g/mol. The lowest BCUT2D eigenvalue weighted by molar-refractivity contribution is -0.338. The summed E-state index contributed by atoms with van der Waals surface area (Å²) in [5.74, 6) is -1.21. The highest BCUT2D eigenvalue weighted by molar-refractivity contribution is 7.47. The molecule has 1 saturated carbocycles. The highest BCUT2D eigenvalue weighted by atomic mass is 31.2. The van der Waals surface area contributed by atoms with Crippen molar-refractivity contribution in [2.45, 2.75) is 241 Å². The fraction of sp³-hybridized carbons (Fsp3) is 0.953. The maximum atomic E-state index is 13.3. The number of hydrogen-bond acceptors (Lipinski definition) is 17. The minimum Gasteiger partial charge on any atom is -0.462 e. The first-order valence-corrected chi connectivity index (χ1v) is 24.9. The molecular formula is C43H81O18P. The van der Waals surface area contributed by atoms with E-state index in [9.17, 15) is 59.9 Å². The molecule has 1 aliphatic heterocycles. The van der Waals surface area contributed by atoms with Gasteiger partial charge in [-0.1, -0.05) is 142 Å². The quantitative estimate of drug-likeness (QED) is 0.0247. The van der Waals surface area contributed by atoms with Crippen LogP contribution in [0.25, 0.3) is 0 Å². The van der Waals surface area contributed by atoms with Crippen LogP contribution >= 0.6 is 7.82 Å². The Morgan fingerprint density at radius 3 is 1.44 bits per heavy atom. The van der Waals surface area contributed by atoms with Crippen LogP contribution in [0.5, 0.6) is 0 Å². The number of esters is 2. The zero-order valence-electron chi connectivity index (χ0n) is 37.2. The Morgan fingerprint density at radius 2 is 0.968 bits per heavy atom. The van der Waals surface area contributed by atoms with Gasteiger partial charge in [0.15, 0.2) is 12.4 Å². The topological polar surface area (TPSA) is 289 Å². The van der Waals surface area contributed by atoms with Gasteiger partial charge in [-0.05, 0) is 12.8 Å². The first-order valence-electron chi connectivity index (χ1n) is 23.4. The van der Waals surface area contributed by atoms with Crippen LogP contribution in [0.4, 0.5) is 0 Å². The molecule has 0 amide bonds. The summed E-state index contributed by atoms with van der Waals surface area (Å²) in [5, 5.41) is 82.7. The molecule has 0 aromatic heterocycles. The van der Waals surface area contributed by atoms with E-state index in [1.807, 2.05) is 0 Å². The average Bonchev–Trinajstić information content (AvgIpc) is 3.25. The van der Waals surface area contributed by atoms with Crippen LogP contribution in [0.2, 0.25) is 0 Å². The number of unbranched alkanes of at least 4 members (excludes halogenated alkanes) is 20. The van der Waals surface area contributed by atoms with Gasteiger partial charge in [-0.2, -0.15) is 0 Å². The number of carbonyl (C=O) groups is 2. The third-order valence-corrected chi connectivity index (χ3v) is 12.5. The molecular weight excluding hydrogens is 835 g/mol. The highest BCUT2D eigenvalue weighted by Gasteiger charge is 2.55. The summed E-state index contributed by atoms with van der Waals surface area (Å²) >= 11 is 0. The normalized spacial score (nSPS) is 29.2. The molecule has 13 atom stereocenters. The summed E-state index contributed by atoms with van der Waals surface area (Å²) in [6, 6.07) is 0. The van der Waals surface area contributed by atoms with E-state index in [0.717, 1.165) is 51.4 Å². The van der Waals surface area contributed by atoms with E-state index < -0.39 is 113 Å². The largest absolute Gasteiger partial charge is 0.472 e. The summed E-state index contributed by atoms with van der Waals surface area (Å²) in [4.78, 5) is 36.3. The fourth-order valence-electron chi connectivity index (χ4n) is 7.64. The molecule has 1 unspecified atom stereocenters. The molecule has 2 rings (SSSR count). The third kappa shape index (κ3) is 21.8. The summed E-state index contributed by atoms with van der Waals surface area (Å²) in [6.07, 6.45) is 0.739. The standard InChI is InChI=1S/C43H81O18P/c1-3-5-7-9-11-13-15-17-19-21-23-25-32(45)56-28-30(58-33(46)26-24-22-20-18-16-14-12-10-8-6-4-2)29-57-62(54,55)61-42-39(52)37(50)36(49)38(51)41(42)60-43-40(53)35(48)34(47)31(27-44)59-43/h30-31,34-44,47-53H,3-29H2,1-2H3,(H,54,55)/t30-,31-,34-,35+,36-,37-,38+,39+,40+,41+,42-,43-/m1/s1. The second-order valence-electron chi connectivity index (χ2n) is 17.0. The number of aliphatic hydroxyl groups is 8. The van der Waals surface area contributed by atoms with Gasteiger partial charge in [0.1, 0.15) is 67.6 Å². The van der Waals surface area contributed by atoms with Crippen LogP contribution < -0.4 is 0 Å². The predicted octanol–water partition coefficient (Wildman–Crippen LogP) is 3.99. The Hall–Kier alpha value is -1.35. The van der Waals surface area contributed by atoms with Gasteiger partial charge >= 0.3 is 19.8 Å². The molecule has 1 saturated heterocycles. The van der Waals surface area contributed by atoms with Crippen molar-refractivity contribution in [1.82, 2.24) is 0 Å². The summed E-state index contributed by atoms with van der Waals surface area (Å²) in [7, 11) is -5.36. The summed E-state index contributed by atoms with van der Waals surface area (Å²) in [6.45, 7) is 2.19. The Balaban J connectivity index is 2.00. The van der Waals surface area contributed by atoms with E-state index in [1.54, 1.807) is 0 Å². The molecule has 1 heterocycles.